The van der Waals surface area contributed by atoms with Gasteiger partial charge in [0.1, 0.15) is 5.75 Å². The van der Waals surface area contributed by atoms with E-state index in [0.29, 0.717) is 17.7 Å². The number of H-pyrrole nitrogens is 1. The van der Waals surface area contributed by atoms with Crippen molar-refractivity contribution in [2.75, 3.05) is 7.11 Å². The molecule has 3 rings (SSSR count). The fourth-order valence-corrected chi connectivity index (χ4v) is 3.55. The van der Waals surface area contributed by atoms with Crippen LogP contribution in [0.15, 0.2) is 41.2 Å². The molecule has 6 heteroatoms. The molecule has 2 N–H and O–H groups in total. The number of carbonyl (C=O) groups excluding carboxylic acids is 1. The number of carbonyl (C=O) groups is 1. The number of aromatic amines is 1. The number of amides is 1. The highest BCUT2D eigenvalue weighted by atomic mass is 16.5. The van der Waals surface area contributed by atoms with Crippen molar-refractivity contribution in [2.24, 2.45) is 0 Å². The fourth-order valence-electron chi connectivity index (χ4n) is 3.55. The van der Waals surface area contributed by atoms with E-state index in [1.165, 1.54) is 0 Å². The second-order valence-electron chi connectivity index (χ2n) is 7.34. The number of methoxy groups -OCH3 is 1. The van der Waals surface area contributed by atoms with Crippen molar-refractivity contribution in [1.82, 2.24) is 14.9 Å². The Kier molecular flexibility index (Phi) is 5.92. The highest BCUT2D eigenvalue weighted by Crippen LogP contribution is 2.19. The van der Waals surface area contributed by atoms with Crippen molar-refractivity contribution in [3.63, 3.8) is 0 Å². The lowest BCUT2D eigenvalue weighted by Crippen LogP contribution is -2.28. The summed E-state index contributed by atoms with van der Waals surface area (Å²) in [6.45, 7) is 8.52. The van der Waals surface area contributed by atoms with Gasteiger partial charge in [-0.05, 0) is 63.1 Å². The maximum absolute atomic E-state index is 12.8. The monoisotopic (exact) mass is 393 g/mol. The Bertz CT molecular complexity index is 1090. The number of ether oxygens (including phenoxy) is 1. The van der Waals surface area contributed by atoms with Gasteiger partial charge in [0.15, 0.2) is 0 Å². The molecule has 0 bridgehead atoms. The number of nitrogens with zero attached hydrogens (tertiary/aromatic N) is 1. The van der Waals surface area contributed by atoms with Crippen LogP contribution in [0.3, 0.4) is 0 Å². The number of nitrogens with one attached hydrogen (secondary N) is 2. The highest BCUT2D eigenvalue weighted by Gasteiger charge is 2.16. The molecular weight excluding hydrogens is 366 g/mol. The van der Waals surface area contributed by atoms with E-state index in [9.17, 15) is 9.59 Å². The molecule has 152 valence electrons. The predicted molar refractivity (Wildman–Crippen MR) is 114 cm³/mol. The summed E-state index contributed by atoms with van der Waals surface area (Å²) in [6.07, 6.45) is 0. The molecule has 0 aliphatic heterocycles. The van der Waals surface area contributed by atoms with Crippen LogP contribution < -0.4 is 15.6 Å². The fraction of sp³-hybridized carbons (Fsp3) is 0.304. The lowest BCUT2D eigenvalue weighted by Gasteiger charge is -2.11. The molecule has 0 aliphatic carbocycles. The third-order valence-corrected chi connectivity index (χ3v) is 5.24. The van der Waals surface area contributed by atoms with Gasteiger partial charge in [0.05, 0.1) is 12.7 Å². The van der Waals surface area contributed by atoms with Gasteiger partial charge in [-0.15, -0.1) is 0 Å². The van der Waals surface area contributed by atoms with Gasteiger partial charge in [-0.2, -0.15) is 0 Å². The average Bonchev–Trinajstić information content (AvgIpc) is 2.96. The van der Waals surface area contributed by atoms with Gasteiger partial charge in [0, 0.05) is 35.7 Å². The van der Waals surface area contributed by atoms with Gasteiger partial charge < -0.3 is 19.6 Å². The quantitative estimate of drug-likeness (QED) is 0.674. The van der Waals surface area contributed by atoms with Crippen LogP contribution in [0.5, 0.6) is 5.75 Å². The highest BCUT2D eigenvalue weighted by molar-refractivity contribution is 5.95. The third kappa shape index (κ3) is 4.42. The molecule has 0 saturated carbocycles. The maximum atomic E-state index is 12.8. The lowest BCUT2D eigenvalue weighted by atomic mass is 10.1. The summed E-state index contributed by atoms with van der Waals surface area (Å²) in [7, 11) is 1.64. The van der Waals surface area contributed by atoms with Crippen LogP contribution in [0.4, 0.5) is 0 Å². The van der Waals surface area contributed by atoms with Gasteiger partial charge in [-0.25, -0.2) is 0 Å². The van der Waals surface area contributed by atoms with E-state index in [1.54, 1.807) is 7.11 Å². The maximum Gasteiger partial charge on any atom is 0.253 e. The Balaban J connectivity index is 1.76. The summed E-state index contributed by atoms with van der Waals surface area (Å²) in [4.78, 5) is 27.7. The number of benzene rings is 1. The van der Waals surface area contributed by atoms with Crippen LogP contribution in [0.25, 0.3) is 0 Å². The topological polar surface area (TPSA) is 76.1 Å². The van der Waals surface area contributed by atoms with E-state index in [2.05, 4.69) is 14.9 Å². The molecule has 0 saturated heterocycles. The van der Waals surface area contributed by atoms with E-state index in [1.807, 2.05) is 64.1 Å². The molecule has 1 amide bonds. The number of hydrogen-bond acceptors (Lipinski definition) is 3. The zero-order valence-corrected chi connectivity index (χ0v) is 17.6. The molecule has 0 atom stereocenters. The van der Waals surface area contributed by atoms with Crippen LogP contribution in [0.2, 0.25) is 0 Å². The number of aromatic nitrogens is 2. The number of rotatable bonds is 6. The van der Waals surface area contributed by atoms with Crippen LogP contribution >= 0.6 is 0 Å². The Morgan fingerprint density at radius 3 is 2.41 bits per heavy atom. The minimum atomic E-state index is -0.182. The Morgan fingerprint density at radius 2 is 1.79 bits per heavy atom. The summed E-state index contributed by atoms with van der Waals surface area (Å²) in [5.74, 6) is 0.634. The first kappa shape index (κ1) is 20.5. The normalized spacial score (nSPS) is 10.8. The number of pyridine rings is 1. The first-order valence-electron chi connectivity index (χ1n) is 9.57. The Morgan fingerprint density at radius 1 is 1.10 bits per heavy atom. The van der Waals surface area contributed by atoms with Gasteiger partial charge in [0.2, 0.25) is 0 Å². The standard InChI is InChI=1S/C23H27N3O3/c1-14-10-15(2)25-23(28)21(14)12-24-22(27)20-11-16(3)26(17(20)4)13-18-6-8-19(29-5)9-7-18/h6-11H,12-13H2,1-5H3,(H,24,27)(H,25,28). The van der Waals surface area contributed by atoms with Crippen LogP contribution in [0, 0.1) is 27.7 Å². The Labute approximate surface area is 170 Å². The minimum absolute atomic E-state index is 0.159. The molecule has 1 aromatic carbocycles. The van der Waals surface area contributed by atoms with Gasteiger partial charge in [0.25, 0.3) is 11.5 Å². The van der Waals surface area contributed by atoms with Crippen molar-refractivity contribution in [1.29, 1.82) is 0 Å². The van der Waals surface area contributed by atoms with Crippen LogP contribution in [0.1, 0.15) is 44.1 Å². The van der Waals surface area contributed by atoms with Crippen molar-refractivity contribution in [2.45, 2.75) is 40.8 Å². The first-order valence-corrected chi connectivity index (χ1v) is 9.57. The second-order valence-corrected chi connectivity index (χ2v) is 7.34. The summed E-state index contributed by atoms with van der Waals surface area (Å²) in [5, 5.41) is 2.89. The molecule has 0 fully saturated rings. The zero-order chi connectivity index (χ0) is 21.1. The SMILES string of the molecule is COc1ccc(Cn2c(C)cc(C(=O)NCc3c(C)cc(C)[nH]c3=O)c2C)cc1. The van der Waals surface area contributed by atoms with Gasteiger partial charge in [-0.3, -0.25) is 9.59 Å². The summed E-state index contributed by atoms with van der Waals surface area (Å²) >= 11 is 0. The largest absolute Gasteiger partial charge is 0.497 e. The van der Waals surface area contributed by atoms with Crippen molar-refractivity contribution in [3.8, 4) is 5.75 Å². The Hall–Kier alpha value is -3.28. The van der Waals surface area contributed by atoms with Gasteiger partial charge >= 0.3 is 0 Å². The molecule has 2 heterocycles. The van der Waals surface area contributed by atoms with E-state index >= 15 is 0 Å². The lowest BCUT2D eigenvalue weighted by molar-refractivity contribution is 0.0950. The molecule has 3 aromatic rings. The van der Waals surface area contributed by atoms with E-state index in [-0.39, 0.29) is 18.0 Å². The molecule has 6 nitrogen and oxygen atoms in total. The third-order valence-electron chi connectivity index (χ3n) is 5.24. The number of aryl methyl sites for hydroxylation is 3. The molecule has 2 aromatic heterocycles. The van der Waals surface area contributed by atoms with Crippen molar-refractivity contribution >= 4 is 5.91 Å². The van der Waals surface area contributed by atoms with Gasteiger partial charge in [-0.1, -0.05) is 12.1 Å². The predicted octanol–water partition coefficient (Wildman–Crippen LogP) is 3.40. The van der Waals surface area contributed by atoms with Crippen LogP contribution in [-0.4, -0.2) is 22.6 Å². The summed E-state index contributed by atoms with van der Waals surface area (Å²) in [5.41, 5.74) is 5.75. The first-order chi connectivity index (χ1) is 13.8. The van der Waals surface area contributed by atoms with Crippen molar-refractivity contribution < 1.29 is 9.53 Å². The molecule has 0 aliphatic rings. The molecule has 0 unspecified atom stereocenters. The smallest absolute Gasteiger partial charge is 0.253 e. The summed E-state index contributed by atoms with van der Waals surface area (Å²) in [6, 6.07) is 11.7. The molecule has 0 spiro atoms. The minimum Gasteiger partial charge on any atom is -0.497 e. The van der Waals surface area contributed by atoms with Crippen LogP contribution in [-0.2, 0) is 13.1 Å². The average molecular weight is 393 g/mol. The molecular formula is C23H27N3O3. The molecule has 0 radical (unpaired) electrons. The van der Waals surface area contributed by atoms with E-state index in [0.717, 1.165) is 34.0 Å². The number of hydrogen-bond donors (Lipinski definition) is 2. The summed E-state index contributed by atoms with van der Waals surface area (Å²) < 4.78 is 7.32. The zero-order valence-electron chi connectivity index (χ0n) is 17.6. The second kappa shape index (κ2) is 8.39. The van der Waals surface area contributed by atoms with E-state index < -0.39 is 0 Å². The molecule has 29 heavy (non-hydrogen) atoms. The van der Waals surface area contributed by atoms with E-state index in [4.69, 9.17) is 4.74 Å². The van der Waals surface area contributed by atoms with Crippen molar-refractivity contribution in [3.05, 3.63) is 86.1 Å².